The molecule has 0 unspecified atom stereocenters. The molecular weight excluding hydrogens is 190 g/mol. The minimum Gasteiger partial charge on any atom is -0.332 e. The first-order valence-corrected chi connectivity index (χ1v) is 5.32. The highest BCUT2D eigenvalue weighted by molar-refractivity contribution is 5.88. The average molecular weight is 215 g/mol. The Hall–Kier alpha value is -0.860. The Kier molecular flexibility index (Phi) is 2.61. The lowest BCUT2D eigenvalue weighted by Crippen LogP contribution is -2.40. The average Bonchev–Trinajstić information content (AvgIpc) is 2.60. The Labute approximate surface area is 97.5 Å². The van der Waals surface area contributed by atoms with E-state index in [1.165, 1.54) is 18.7 Å². The minimum atomic E-state index is -2.09. The monoisotopic (exact) mass is 215 g/mol. The molecule has 0 radical (unpaired) electrons. The molecule has 0 aromatic heterocycles. The van der Waals surface area contributed by atoms with Gasteiger partial charge in [0, 0.05) is 18.4 Å². The van der Waals surface area contributed by atoms with Gasteiger partial charge in [-0.3, -0.25) is 9.59 Å². The van der Waals surface area contributed by atoms with E-state index >= 15 is 0 Å². The van der Waals surface area contributed by atoms with Gasteiger partial charge in [-0.05, 0) is 25.6 Å². The van der Waals surface area contributed by atoms with Crippen LogP contribution in [-0.4, -0.2) is 29.2 Å². The number of carbonyl (C=O) groups excluding carboxylic acids is 2. The summed E-state index contributed by atoms with van der Waals surface area (Å²) in [5.41, 5.74) is 0. The molecule has 3 nitrogen and oxygen atoms in total. The van der Waals surface area contributed by atoms with E-state index in [1.807, 2.05) is 0 Å². The number of hydrogen-bond donors (Lipinski definition) is 0. The normalized spacial score (nSPS) is 29.1. The van der Waals surface area contributed by atoms with Crippen LogP contribution in [0.2, 0.25) is 0 Å². The van der Waals surface area contributed by atoms with Gasteiger partial charge in [0.15, 0.2) is 5.78 Å². The van der Waals surface area contributed by atoms with Crippen molar-refractivity contribution >= 4 is 11.7 Å². The molecule has 0 spiro atoms. The highest BCUT2D eigenvalue weighted by atomic mass is 16.2. The molecule has 3 heteroatoms. The topological polar surface area (TPSA) is 37.4 Å². The molecule has 1 saturated heterocycles. The van der Waals surface area contributed by atoms with Crippen LogP contribution in [0.1, 0.15) is 51.8 Å². The molecule has 86 valence electrons. The summed E-state index contributed by atoms with van der Waals surface area (Å²) in [7, 11) is 0. The minimum absolute atomic E-state index is 0.0376. The van der Waals surface area contributed by atoms with E-state index in [1.54, 1.807) is 6.92 Å². The van der Waals surface area contributed by atoms with E-state index in [4.69, 9.17) is 5.48 Å². The van der Waals surface area contributed by atoms with Gasteiger partial charge in [0.05, 0.1) is 6.04 Å². The fourth-order valence-electron chi connectivity index (χ4n) is 2.06. The number of carbonyl (C=O) groups is 2. The maximum atomic E-state index is 11.9. The van der Waals surface area contributed by atoms with E-state index < -0.39 is 24.7 Å². The second-order valence-corrected chi connectivity index (χ2v) is 3.88. The number of likely N-dealkylation sites (tertiary alicyclic amines) is 1. The maximum absolute atomic E-state index is 11.9. The zero-order valence-electron chi connectivity index (χ0n) is 13.5. The quantitative estimate of drug-likeness (QED) is 0.703. The number of hydrogen-bond acceptors (Lipinski definition) is 2. The Bertz CT molecular complexity index is 378. The highest BCUT2D eigenvalue weighted by Gasteiger charge is 2.34. The van der Waals surface area contributed by atoms with Crippen molar-refractivity contribution in [3.05, 3.63) is 0 Å². The third-order valence-electron chi connectivity index (χ3n) is 2.74. The van der Waals surface area contributed by atoms with E-state index in [-0.39, 0.29) is 24.7 Å². The molecule has 1 amide bonds. The number of nitrogens with zero attached hydrogens (tertiary/aromatic N) is 1. The van der Waals surface area contributed by atoms with Crippen LogP contribution in [0.3, 0.4) is 0 Å². The standard InChI is InChI=1S/C12H21NO2/c1-4-6-10-7-12(15)13(8-10)11(5-2)9(3)14/h10-11H,4-8H2,1-3H3/t10-,11+/m1/s1/i4D2,6D2. The zero-order valence-corrected chi connectivity index (χ0v) is 9.54. The van der Waals surface area contributed by atoms with Gasteiger partial charge < -0.3 is 4.90 Å². The molecule has 15 heavy (non-hydrogen) atoms. The van der Waals surface area contributed by atoms with Crippen molar-refractivity contribution in [3.8, 4) is 0 Å². The molecule has 1 rings (SSSR count). The fraction of sp³-hybridized carbons (Fsp3) is 0.833. The van der Waals surface area contributed by atoms with Crippen molar-refractivity contribution < 1.29 is 15.1 Å². The van der Waals surface area contributed by atoms with E-state index in [0.29, 0.717) is 6.42 Å². The second-order valence-electron chi connectivity index (χ2n) is 3.88. The number of Topliss-reactive ketones (excluding diaryl/α,β-unsaturated/α-hetero) is 1. The van der Waals surface area contributed by atoms with Crippen LogP contribution in [-0.2, 0) is 9.59 Å². The van der Waals surface area contributed by atoms with Crippen molar-refractivity contribution in [1.82, 2.24) is 4.90 Å². The van der Waals surface area contributed by atoms with E-state index in [2.05, 4.69) is 0 Å². The van der Waals surface area contributed by atoms with Gasteiger partial charge in [-0.2, -0.15) is 0 Å². The molecular formula is C12H21NO2. The van der Waals surface area contributed by atoms with Gasteiger partial charge in [0.1, 0.15) is 0 Å². The van der Waals surface area contributed by atoms with Gasteiger partial charge in [0.2, 0.25) is 5.91 Å². The van der Waals surface area contributed by atoms with Gasteiger partial charge >= 0.3 is 0 Å². The van der Waals surface area contributed by atoms with E-state index in [9.17, 15) is 9.59 Å². The largest absolute Gasteiger partial charge is 0.332 e. The Morgan fingerprint density at radius 2 is 2.33 bits per heavy atom. The first kappa shape index (κ1) is 7.42. The van der Waals surface area contributed by atoms with Crippen molar-refractivity contribution in [2.75, 3.05) is 6.54 Å². The lowest BCUT2D eigenvalue weighted by Gasteiger charge is -2.24. The molecule has 1 aliphatic rings. The van der Waals surface area contributed by atoms with Crippen molar-refractivity contribution in [2.24, 2.45) is 5.92 Å². The molecule has 0 aromatic carbocycles. The molecule has 0 aliphatic carbocycles. The Morgan fingerprint density at radius 3 is 2.80 bits per heavy atom. The zero-order chi connectivity index (χ0) is 15.0. The summed E-state index contributed by atoms with van der Waals surface area (Å²) < 4.78 is 30.9. The lowest BCUT2D eigenvalue weighted by atomic mass is 10.0. The smallest absolute Gasteiger partial charge is 0.223 e. The predicted octanol–water partition coefficient (Wildman–Crippen LogP) is 2.00. The van der Waals surface area contributed by atoms with Crippen LogP contribution >= 0.6 is 0 Å². The lowest BCUT2D eigenvalue weighted by molar-refractivity contribution is -0.135. The molecule has 2 atom stereocenters. The highest BCUT2D eigenvalue weighted by Crippen LogP contribution is 2.25. The Balaban J connectivity index is 2.92. The van der Waals surface area contributed by atoms with Crippen molar-refractivity contribution in [3.63, 3.8) is 0 Å². The van der Waals surface area contributed by atoms with Crippen LogP contribution < -0.4 is 0 Å². The third kappa shape index (κ3) is 2.80. The summed E-state index contributed by atoms with van der Waals surface area (Å²) in [6.45, 7) is 4.52. The van der Waals surface area contributed by atoms with Gasteiger partial charge in [0.25, 0.3) is 0 Å². The maximum Gasteiger partial charge on any atom is 0.223 e. The fourth-order valence-corrected chi connectivity index (χ4v) is 2.06. The van der Waals surface area contributed by atoms with Crippen molar-refractivity contribution in [1.29, 1.82) is 0 Å². The molecule has 0 aromatic rings. The molecule has 0 bridgehead atoms. The second kappa shape index (κ2) is 5.29. The summed E-state index contributed by atoms with van der Waals surface area (Å²) in [6.07, 6.45) is -3.65. The predicted molar refractivity (Wildman–Crippen MR) is 59.5 cm³/mol. The molecule has 0 saturated carbocycles. The van der Waals surface area contributed by atoms with Gasteiger partial charge in [-0.1, -0.05) is 20.2 Å². The van der Waals surface area contributed by atoms with Crippen LogP contribution in [0, 0.1) is 5.92 Å². The van der Waals surface area contributed by atoms with E-state index in [0.717, 1.165) is 0 Å². The van der Waals surface area contributed by atoms with Crippen molar-refractivity contribution in [2.45, 2.75) is 52.4 Å². The Morgan fingerprint density at radius 1 is 1.67 bits per heavy atom. The van der Waals surface area contributed by atoms with Crippen LogP contribution in [0.25, 0.3) is 0 Å². The van der Waals surface area contributed by atoms with Crippen LogP contribution in [0.4, 0.5) is 0 Å². The first-order chi connectivity index (χ1) is 8.52. The van der Waals surface area contributed by atoms with Crippen LogP contribution in [0.5, 0.6) is 0 Å². The molecule has 1 fully saturated rings. The number of ketones is 1. The van der Waals surface area contributed by atoms with Crippen LogP contribution in [0.15, 0.2) is 0 Å². The first-order valence-electron chi connectivity index (χ1n) is 7.32. The molecule has 1 aliphatic heterocycles. The summed E-state index contributed by atoms with van der Waals surface area (Å²) >= 11 is 0. The summed E-state index contributed by atoms with van der Waals surface area (Å²) in [5, 5.41) is 0. The molecule has 1 heterocycles. The number of amides is 1. The summed E-state index contributed by atoms with van der Waals surface area (Å²) in [5.74, 6) is -1.09. The molecule has 0 N–H and O–H groups in total. The summed E-state index contributed by atoms with van der Waals surface area (Å²) in [4.78, 5) is 24.8. The van der Waals surface area contributed by atoms with Gasteiger partial charge in [-0.15, -0.1) is 0 Å². The third-order valence-corrected chi connectivity index (χ3v) is 2.74. The number of rotatable bonds is 5. The summed E-state index contributed by atoms with van der Waals surface area (Å²) in [6, 6.07) is -0.518. The SMILES string of the molecule is [2H]C([2H])(C)C([2H])([2H])[C@@H]1CC(=O)N([C@@H](CC)C(C)=O)C1. The van der Waals surface area contributed by atoms with Gasteiger partial charge in [-0.25, -0.2) is 0 Å².